The van der Waals surface area contributed by atoms with E-state index in [-0.39, 0.29) is 6.61 Å². The maximum atomic E-state index is 10.1. The molecule has 0 radical (unpaired) electrons. The van der Waals surface area contributed by atoms with E-state index in [0.717, 1.165) is 43.6 Å². The van der Waals surface area contributed by atoms with Crippen LogP contribution in [0.5, 0.6) is 0 Å². The van der Waals surface area contributed by atoms with Crippen LogP contribution in [0, 0.1) is 0 Å². The Hall–Kier alpha value is -0.770. The van der Waals surface area contributed by atoms with Crippen molar-refractivity contribution in [1.29, 1.82) is 0 Å². The van der Waals surface area contributed by atoms with Gasteiger partial charge in [0.1, 0.15) is 0 Å². The van der Waals surface area contributed by atoms with Crippen molar-refractivity contribution in [3.63, 3.8) is 0 Å². The van der Waals surface area contributed by atoms with Crippen molar-refractivity contribution in [2.45, 2.75) is 38.4 Å². The topological polar surface area (TPSA) is 43.7 Å². The highest BCUT2D eigenvalue weighted by molar-refractivity contribution is 6.30. The average molecular weight is 270 g/mol. The van der Waals surface area contributed by atoms with Gasteiger partial charge in [0.05, 0.1) is 12.2 Å². The minimum atomic E-state index is -0.569. The fourth-order valence-corrected chi connectivity index (χ4v) is 2.69. The molecule has 0 spiro atoms. The summed E-state index contributed by atoms with van der Waals surface area (Å²) in [4.78, 5) is 2.23. The lowest BCUT2D eigenvalue weighted by Crippen LogP contribution is -2.28. The van der Waals surface area contributed by atoms with E-state index in [1.54, 1.807) is 6.07 Å². The van der Waals surface area contributed by atoms with Crippen molar-refractivity contribution in [2.75, 3.05) is 18.0 Å². The van der Waals surface area contributed by atoms with E-state index in [4.69, 9.17) is 11.6 Å². The zero-order valence-corrected chi connectivity index (χ0v) is 11.5. The summed E-state index contributed by atoms with van der Waals surface area (Å²) in [6.07, 6.45) is 2.53. The summed E-state index contributed by atoms with van der Waals surface area (Å²) in [6.45, 7) is 3.60. The second-order valence-electron chi connectivity index (χ2n) is 5.27. The van der Waals surface area contributed by atoms with Crippen LogP contribution in [0.25, 0.3) is 0 Å². The van der Waals surface area contributed by atoms with Crippen molar-refractivity contribution >= 4 is 17.3 Å². The Labute approximate surface area is 113 Å². The van der Waals surface area contributed by atoms with Gasteiger partial charge in [0, 0.05) is 29.4 Å². The highest BCUT2D eigenvalue weighted by Gasteiger charge is 2.25. The van der Waals surface area contributed by atoms with E-state index >= 15 is 0 Å². The molecule has 18 heavy (non-hydrogen) atoms. The molecular formula is C14H20ClNO2. The summed E-state index contributed by atoms with van der Waals surface area (Å²) in [5.41, 5.74) is 1.31. The Morgan fingerprint density at radius 3 is 2.83 bits per heavy atom. The van der Waals surface area contributed by atoms with Gasteiger partial charge < -0.3 is 15.1 Å². The molecule has 1 aromatic carbocycles. The molecule has 1 heterocycles. The molecule has 1 unspecified atom stereocenters. The van der Waals surface area contributed by atoms with Crippen LogP contribution < -0.4 is 4.90 Å². The first-order valence-electron chi connectivity index (χ1n) is 6.38. The number of nitrogens with zero attached hydrogens (tertiary/aromatic N) is 1. The minimum Gasteiger partial charge on any atom is -0.392 e. The van der Waals surface area contributed by atoms with Crippen LogP contribution in [0.2, 0.25) is 5.02 Å². The van der Waals surface area contributed by atoms with E-state index in [0.29, 0.717) is 5.02 Å². The lowest BCUT2D eigenvalue weighted by molar-refractivity contribution is 0.0481. The molecule has 1 saturated heterocycles. The Bertz CT molecular complexity index is 420. The van der Waals surface area contributed by atoms with Gasteiger partial charge in [0.25, 0.3) is 0 Å². The Morgan fingerprint density at radius 2 is 2.11 bits per heavy atom. The van der Waals surface area contributed by atoms with Gasteiger partial charge in [-0.25, -0.2) is 0 Å². The number of rotatable bonds is 2. The monoisotopic (exact) mass is 269 g/mol. The van der Waals surface area contributed by atoms with E-state index in [1.165, 1.54) is 0 Å². The summed E-state index contributed by atoms with van der Waals surface area (Å²) in [5, 5.41) is 20.1. The van der Waals surface area contributed by atoms with Gasteiger partial charge in [-0.1, -0.05) is 11.6 Å². The number of hydrogen-bond donors (Lipinski definition) is 2. The van der Waals surface area contributed by atoms with Crippen LogP contribution in [-0.2, 0) is 6.61 Å². The fourth-order valence-electron chi connectivity index (χ4n) is 2.49. The molecular weight excluding hydrogens is 250 g/mol. The van der Waals surface area contributed by atoms with Crippen molar-refractivity contribution in [1.82, 2.24) is 0 Å². The molecule has 0 saturated carbocycles. The molecule has 1 aliphatic heterocycles. The smallest absolute Gasteiger partial charge is 0.0702 e. The summed E-state index contributed by atoms with van der Waals surface area (Å²) in [5.74, 6) is 0. The van der Waals surface area contributed by atoms with Crippen molar-refractivity contribution in [3.05, 3.63) is 28.8 Å². The summed E-state index contributed by atoms with van der Waals surface area (Å²) in [7, 11) is 0. The van der Waals surface area contributed by atoms with Crippen LogP contribution in [0.15, 0.2) is 18.2 Å². The van der Waals surface area contributed by atoms with E-state index in [1.807, 2.05) is 19.1 Å². The van der Waals surface area contributed by atoms with Crippen LogP contribution >= 0.6 is 11.6 Å². The van der Waals surface area contributed by atoms with E-state index in [2.05, 4.69) is 4.90 Å². The van der Waals surface area contributed by atoms with Gasteiger partial charge in [0.2, 0.25) is 0 Å². The van der Waals surface area contributed by atoms with Gasteiger partial charge in [-0.05, 0) is 44.4 Å². The third-order valence-electron chi connectivity index (χ3n) is 3.62. The third-order valence-corrected chi connectivity index (χ3v) is 3.85. The average Bonchev–Trinajstić information content (AvgIpc) is 2.50. The number of anilines is 1. The molecule has 100 valence electrons. The molecule has 0 bridgehead atoms. The molecule has 1 aromatic rings. The first-order chi connectivity index (χ1) is 8.52. The molecule has 2 rings (SSSR count). The molecule has 3 nitrogen and oxygen atoms in total. The molecule has 1 atom stereocenters. The first kappa shape index (κ1) is 13.7. The van der Waals surface area contributed by atoms with Gasteiger partial charge in [-0.15, -0.1) is 0 Å². The highest BCUT2D eigenvalue weighted by atomic mass is 35.5. The molecule has 0 amide bonds. The number of hydrogen-bond acceptors (Lipinski definition) is 3. The largest absolute Gasteiger partial charge is 0.392 e. The third kappa shape index (κ3) is 3.16. The molecule has 2 N–H and O–H groups in total. The lowest BCUT2D eigenvalue weighted by Gasteiger charge is -2.26. The van der Waals surface area contributed by atoms with Crippen LogP contribution in [0.3, 0.4) is 0 Å². The van der Waals surface area contributed by atoms with Crippen molar-refractivity contribution in [3.8, 4) is 0 Å². The quantitative estimate of drug-likeness (QED) is 0.867. The number of aliphatic hydroxyl groups is 2. The molecule has 4 heteroatoms. The van der Waals surface area contributed by atoms with E-state index < -0.39 is 5.60 Å². The van der Waals surface area contributed by atoms with Crippen LogP contribution in [0.4, 0.5) is 5.69 Å². The molecule has 1 fully saturated rings. The lowest BCUT2D eigenvalue weighted by atomic mass is 9.98. The normalized spacial score (nSPS) is 25.0. The number of aliphatic hydroxyl groups excluding tert-OH is 1. The second kappa shape index (κ2) is 5.47. The maximum absolute atomic E-state index is 10.1. The van der Waals surface area contributed by atoms with Crippen molar-refractivity contribution in [2.24, 2.45) is 0 Å². The summed E-state index contributed by atoms with van der Waals surface area (Å²) in [6, 6.07) is 5.60. The first-order valence-corrected chi connectivity index (χ1v) is 6.76. The Kier molecular flexibility index (Phi) is 4.15. The van der Waals surface area contributed by atoms with Gasteiger partial charge in [-0.2, -0.15) is 0 Å². The molecule has 0 aromatic heterocycles. The molecule has 1 aliphatic rings. The number of halogens is 1. The van der Waals surface area contributed by atoms with Crippen LogP contribution in [0.1, 0.15) is 31.7 Å². The van der Waals surface area contributed by atoms with Gasteiger partial charge in [0.15, 0.2) is 0 Å². The van der Waals surface area contributed by atoms with Crippen LogP contribution in [-0.4, -0.2) is 28.9 Å². The standard InChI is InChI=1S/C14H20ClNO2/c1-14(18)5-2-7-16(8-6-14)13-4-3-12(15)9-11(13)10-17/h3-4,9,17-18H,2,5-8,10H2,1H3. The zero-order chi connectivity index (χ0) is 13.2. The number of benzene rings is 1. The Balaban J connectivity index is 2.21. The fraction of sp³-hybridized carbons (Fsp3) is 0.571. The van der Waals surface area contributed by atoms with Gasteiger partial charge >= 0.3 is 0 Å². The SMILES string of the molecule is CC1(O)CCCN(c2ccc(Cl)cc2CO)CC1. The highest BCUT2D eigenvalue weighted by Crippen LogP contribution is 2.29. The maximum Gasteiger partial charge on any atom is 0.0702 e. The minimum absolute atomic E-state index is 0.0111. The second-order valence-corrected chi connectivity index (χ2v) is 5.71. The van der Waals surface area contributed by atoms with E-state index in [9.17, 15) is 10.2 Å². The zero-order valence-electron chi connectivity index (χ0n) is 10.7. The summed E-state index contributed by atoms with van der Waals surface area (Å²) < 4.78 is 0. The molecule has 0 aliphatic carbocycles. The van der Waals surface area contributed by atoms with Crippen molar-refractivity contribution < 1.29 is 10.2 Å². The van der Waals surface area contributed by atoms with Gasteiger partial charge in [-0.3, -0.25) is 0 Å². The predicted molar refractivity (Wildman–Crippen MR) is 74.1 cm³/mol. The Morgan fingerprint density at radius 1 is 1.33 bits per heavy atom. The predicted octanol–water partition coefficient (Wildman–Crippen LogP) is 2.57. The summed E-state index contributed by atoms with van der Waals surface area (Å²) >= 11 is 5.94.